The van der Waals surface area contributed by atoms with Crippen molar-refractivity contribution in [2.75, 3.05) is 4.90 Å². The van der Waals surface area contributed by atoms with Crippen LogP contribution in [0, 0.1) is 12.7 Å². The first-order valence-corrected chi connectivity index (χ1v) is 9.18. The maximum Gasteiger partial charge on any atom is 0.268 e. The Morgan fingerprint density at radius 1 is 1.27 bits per heavy atom. The summed E-state index contributed by atoms with van der Waals surface area (Å²) in [5, 5.41) is 2.97. The molecule has 1 aliphatic rings. The summed E-state index contributed by atoms with van der Waals surface area (Å²) in [5.41, 5.74) is 3.20. The number of fused-ring (bicyclic) bond motifs is 1. The Morgan fingerprint density at radius 2 is 2.12 bits per heavy atom. The largest absolute Gasteiger partial charge is 0.479 e. The van der Waals surface area contributed by atoms with Gasteiger partial charge in [0.2, 0.25) is 0 Å². The number of benzene rings is 2. The van der Waals surface area contributed by atoms with Gasteiger partial charge in [-0.3, -0.25) is 4.79 Å². The highest BCUT2D eigenvalue weighted by molar-refractivity contribution is 7.09. The zero-order valence-electron chi connectivity index (χ0n) is 14.4. The normalized spacial score (nSPS) is 16.3. The van der Waals surface area contributed by atoms with Crippen LogP contribution < -0.4 is 9.64 Å². The van der Waals surface area contributed by atoms with Crippen LogP contribution in [0.1, 0.15) is 17.5 Å². The number of nitrogens with zero attached hydrogens (tertiary/aromatic N) is 2. The van der Waals surface area contributed by atoms with Crippen LogP contribution in [0.2, 0.25) is 0 Å². The van der Waals surface area contributed by atoms with Crippen LogP contribution in [-0.2, 0) is 11.3 Å². The highest BCUT2D eigenvalue weighted by Crippen LogP contribution is 2.38. The van der Waals surface area contributed by atoms with Crippen LogP contribution in [0.25, 0.3) is 11.3 Å². The van der Waals surface area contributed by atoms with Crippen LogP contribution in [0.4, 0.5) is 10.1 Å². The highest BCUT2D eigenvalue weighted by Gasteiger charge is 2.32. The van der Waals surface area contributed by atoms with Crippen LogP contribution in [0.5, 0.6) is 5.75 Å². The van der Waals surface area contributed by atoms with Gasteiger partial charge in [0, 0.05) is 10.9 Å². The van der Waals surface area contributed by atoms with Crippen molar-refractivity contribution < 1.29 is 13.9 Å². The molecule has 1 aliphatic heterocycles. The minimum absolute atomic E-state index is 0.145. The third-order valence-corrected chi connectivity index (χ3v) is 5.09. The van der Waals surface area contributed by atoms with E-state index in [1.165, 1.54) is 12.1 Å². The number of hydrogen-bond donors (Lipinski definition) is 0. The SMILES string of the molecule is Cc1nc(-c2ccc3c(c2)N(Cc2cccc(F)c2)C(=O)C(C)O3)cs1. The van der Waals surface area contributed by atoms with Crippen LogP contribution in [0.3, 0.4) is 0 Å². The Kier molecular flexibility index (Phi) is 4.20. The van der Waals surface area contributed by atoms with Gasteiger partial charge in [0.25, 0.3) is 5.91 Å². The average Bonchev–Trinajstić information content (AvgIpc) is 3.05. The fourth-order valence-electron chi connectivity index (χ4n) is 3.04. The molecule has 0 saturated carbocycles. The molecule has 0 saturated heterocycles. The van der Waals surface area contributed by atoms with E-state index < -0.39 is 6.10 Å². The standard InChI is InChI=1S/C20H17FN2O2S/c1-12-20(24)23(10-14-4-3-5-16(21)8-14)18-9-15(6-7-19(18)25-12)17-11-26-13(2)22-17/h3-9,11-12H,10H2,1-2H3. The van der Waals surface area contributed by atoms with Crippen molar-refractivity contribution in [2.24, 2.45) is 0 Å². The van der Waals surface area contributed by atoms with Gasteiger partial charge in [-0.15, -0.1) is 11.3 Å². The molecule has 0 bridgehead atoms. The second kappa shape index (κ2) is 6.53. The smallest absolute Gasteiger partial charge is 0.268 e. The fraction of sp³-hybridized carbons (Fsp3) is 0.200. The molecule has 2 aromatic carbocycles. The number of thiazole rings is 1. The van der Waals surface area contributed by atoms with Crippen molar-refractivity contribution in [3.8, 4) is 17.0 Å². The Hall–Kier alpha value is -2.73. The monoisotopic (exact) mass is 368 g/mol. The Bertz CT molecular complexity index is 985. The minimum atomic E-state index is -0.580. The number of halogens is 1. The Balaban J connectivity index is 1.76. The first kappa shape index (κ1) is 16.7. The van der Waals surface area contributed by atoms with Crippen molar-refractivity contribution in [1.82, 2.24) is 4.98 Å². The predicted octanol–water partition coefficient (Wildman–Crippen LogP) is 4.57. The minimum Gasteiger partial charge on any atom is -0.479 e. The molecule has 4 rings (SSSR count). The van der Waals surface area contributed by atoms with E-state index in [-0.39, 0.29) is 18.3 Å². The second-order valence-corrected chi connectivity index (χ2v) is 7.31. The number of hydrogen-bond acceptors (Lipinski definition) is 4. The van der Waals surface area contributed by atoms with Gasteiger partial charge in [0.1, 0.15) is 11.6 Å². The number of carbonyl (C=O) groups is 1. The summed E-state index contributed by atoms with van der Waals surface area (Å²) in [4.78, 5) is 18.9. The molecule has 1 amide bonds. The fourth-order valence-corrected chi connectivity index (χ4v) is 3.67. The summed E-state index contributed by atoms with van der Waals surface area (Å²) in [7, 11) is 0. The van der Waals surface area contributed by atoms with E-state index in [2.05, 4.69) is 4.98 Å². The number of amides is 1. The lowest BCUT2D eigenvalue weighted by Gasteiger charge is -2.33. The summed E-state index contributed by atoms with van der Waals surface area (Å²) in [6.45, 7) is 3.97. The lowest BCUT2D eigenvalue weighted by molar-refractivity contribution is -0.125. The lowest BCUT2D eigenvalue weighted by atomic mass is 10.1. The first-order valence-electron chi connectivity index (χ1n) is 8.30. The lowest BCUT2D eigenvalue weighted by Crippen LogP contribution is -2.44. The van der Waals surface area contributed by atoms with E-state index in [4.69, 9.17) is 4.74 Å². The molecule has 0 N–H and O–H groups in total. The van der Waals surface area contributed by atoms with E-state index in [9.17, 15) is 9.18 Å². The molecule has 0 spiro atoms. The number of anilines is 1. The summed E-state index contributed by atoms with van der Waals surface area (Å²) in [6, 6.07) is 12.0. The summed E-state index contributed by atoms with van der Waals surface area (Å²) >= 11 is 1.58. The molecule has 26 heavy (non-hydrogen) atoms. The van der Waals surface area contributed by atoms with Crippen LogP contribution in [-0.4, -0.2) is 17.0 Å². The molecule has 6 heteroatoms. The average molecular weight is 368 g/mol. The zero-order chi connectivity index (χ0) is 18.3. The summed E-state index contributed by atoms with van der Waals surface area (Å²) in [6.07, 6.45) is -0.580. The molecule has 0 aliphatic carbocycles. The van der Waals surface area contributed by atoms with E-state index in [1.807, 2.05) is 36.6 Å². The van der Waals surface area contributed by atoms with E-state index >= 15 is 0 Å². The number of aromatic nitrogens is 1. The molecule has 1 aromatic heterocycles. The molecule has 1 unspecified atom stereocenters. The maximum absolute atomic E-state index is 13.5. The van der Waals surface area contributed by atoms with E-state index in [0.717, 1.165) is 21.8 Å². The molecule has 4 nitrogen and oxygen atoms in total. The molecule has 1 atom stereocenters. The summed E-state index contributed by atoms with van der Waals surface area (Å²) < 4.78 is 19.3. The topological polar surface area (TPSA) is 42.4 Å². The van der Waals surface area contributed by atoms with Crippen molar-refractivity contribution in [3.63, 3.8) is 0 Å². The Morgan fingerprint density at radius 3 is 2.85 bits per heavy atom. The molecule has 0 radical (unpaired) electrons. The summed E-state index contributed by atoms with van der Waals surface area (Å²) in [5.74, 6) is 0.181. The third kappa shape index (κ3) is 3.08. The van der Waals surface area contributed by atoms with Gasteiger partial charge in [0.15, 0.2) is 6.10 Å². The first-order chi connectivity index (χ1) is 12.5. The number of ether oxygens (including phenoxy) is 1. The van der Waals surface area contributed by atoms with Gasteiger partial charge in [-0.25, -0.2) is 9.37 Å². The van der Waals surface area contributed by atoms with Crippen LogP contribution in [0.15, 0.2) is 47.8 Å². The molecule has 0 fully saturated rings. The van der Waals surface area contributed by atoms with Crippen molar-refractivity contribution in [3.05, 3.63) is 64.2 Å². The van der Waals surface area contributed by atoms with Crippen molar-refractivity contribution in [1.29, 1.82) is 0 Å². The zero-order valence-corrected chi connectivity index (χ0v) is 15.2. The molecule has 3 aromatic rings. The number of rotatable bonds is 3. The molecule has 132 valence electrons. The maximum atomic E-state index is 13.5. The van der Waals surface area contributed by atoms with Gasteiger partial charge < -0.3 is 9.64 Å². The number of carbonyl (C=O) groups excluding carboxylic acids is 1. The molecule has 2 heterocycles. The Labute approximate surface area is 154 Å². The highest BCUT2D eigenvalue weighted by atomic mass is 32.1. The second-order valence-electron chi connectivity index (χ2n) is 6.25. The van der Waals surface area contributed by atoms with E-state index in [1.54, 1.807) is 29.2 Å². The predicted molar refractivity (Wildman–Crippen MR) is 100.0 cm³/mol. The third-order valence-electron chi connectivity index (χ3n) is 4.31. The molecular weight excluding hydrogens is 351 g/mol. The van der Waals surface area contributed by atoms with E-state index in [0.29, 0.717) is 11.4 Å². The molecular formula is C20H17FN2O2S. The quantitative estimate of drug-likeness (QED) is 0.680. The van der Waals surface area contributed by atoms with Gasteiger partial charge in [0.05, 0.1) is 22.9 Å². The van der Waals surface area contributed by atoms with Crippen molar-refractivity contribution in [2.45, 2.75) is 26.5 Å². The van der Waals surface area contributed by atoms with Gasteiger partial charge >= 0.3 is 0 Å². The van der Waals surface area contributed by atoms with Gasteiger partial charge in [-0.1, -0.05) is 12.1 Å². The van der Waals surface area contributed by atoms with Crippen LogP contribution >= 0.6 is 11.3 Å². The van der Waals surface area contributed by atoms with Crippen molar-refractivity contribution >= 4 is 22.9 Å². The van der Waals surface area contributed by atoms with Gasteiger partial charge in [-0.05, 0) is 49.7 Å². The van der Waals surface area contributed by atoms with Gasteiger partial charge in [-0.2, -0.15) is 0 Å². The number of aryl methyl sites for hydroxylation is 1.